The topological polar surface area (TPSA) is 40.2 Å². The molecule has 2 heterocycles. The van der Waals surface area contributed by atoms with Crippen LogP contribution in [0.2, 0.25) is 0 Å². The van der Waals surface area contributed by atoms with Gasteiger partial charge in [-0.1, -0.05) is 52.0 Å². The Hall–Kier alpha value is -2.04. The maximum absolute atomic E-state index is 6.44. The van der Waals surface area contributed by atoms with Crippen molar-refractivity contribution < 1.29 is 18.9 Å². The highest BCUT2D eigenvalue weighted by molar-refractivity contribution is 5.47. The SMILES string of the molecule is CC1CC2C3CC(C(C)c4cc(C(C)(C)c5ccc(OCC6CO6)cc5)ccc4O[C@@H]4CCO4)C(C3)C2C1. The predicted molar refractivity (Wildman–Crippen MR) is 149 cm³/mol. The van der Waals surface area contributed by atoms with Crippen molar-refractivity contribution in [1.82, 2.24) is 0 Å². The van der Waals surface area contributed by atoms with Crippen LogP contribution in [-0.4, -0.2) is 32.2 Å². The van der Waals surface area contributed by atoms with Gasteiger partial charge in [-0.05, 0) is 102 Å². The molecule has 0 N–H and O–H groups in total. The molecule has 0 aromatic heterocycles. The molecule has 2 aliphatic heterocycles. The summed E-state index contributed by atoms with van der Waals surface area (Å²) in [6.45, 7) is 11.9. The summed E-state index contributed by atoms with van der Waals surface area (Å²) in [5.74, 6) is 7.93. The van der Waals surface area contributed by atoms with Crippen LogP contribution < -0.4 is 9.47 Å². The molecule has 2 saturated heterocycles. The van der Waals surface area contributed by atoms with Gasteiger partial charge in [-0.3, -0.25) is 0 Å². The minimum Gasteiger partial charge on any atom is -0.491 e. The van der Waals surface area contributed by atoms with Crippen LogP contribution in [0.1, 0.15) is 82.4 Å². The van der Waals surface area contributed by atoms with Crippen LogP contribution in [0.3, 0.4) is 0 Å². The first-order chi connectivity index (χ1) is 18.4. The number of rotatable bonds is 9. The molecular weight excluding hydrogens is 472 g/mol. The van der Waals surface area contributed by atoms with Crippen molar-refractivity contribution in [1.29, 1.82) is 0 Å². The normalized spacial score (nSPS) is 36.0. The van der Waals surface area contributed by atoms with E-state index in [-0.39, 0.29) is 17.8 Å². The maximum atomic E-state index is 6.44. The predicted octanol–water partition coefficient (Wildman–Crippen LogP) is 7.34. The zero-order valence-electron chi connectivity index (χ0n) is 23.5. The molecule has 8 unspecified atom stereocenters. The van der Waals surface area contributed by atoms with Gasteiger partial charge in [0.25, 0.3) is 0 Å². The number of ether oxygens (including phenoxy) is 4. The zero-order chi connectivity index (χ0) is 26.0. The lowest BCUT2D eigenvalue weighted by atomic mass is 9.69. The van der Waals surface area contributed by atoms with Crippen LogP contribution in [0.5, 0.6) is 11.5 Å². The van der Waals surface area contributed by atoms with Gasteiger partial charge in [0.15, 0.2) is 0 Å². The molecule has 7 rings (SSSR count). The summed E-state index contributed by atoms with van der Waals surface area (Å²) >= 11 is 0. The average molecular weight is 517 g/mol. The fraction of sp³-hybridized carbons (Fsp3) is 0.647. The van der Waals surface area contributed by atoms with Crippen molar-refractivity contribution in [3.05, 3.63) is 59.2 Å². The fourth-order valence-electron chi connectivity index (χ4n) is 8.54. The Morgan fingerprint density at radius 2 is 1.66 bits per heavy atom. The summed E-state index contributed by atoms with van der Waals surface area (Å²) in [6, 6.07) is 15.6. The summed E-state index contributed by atoms with van der Waals surface area (Å²) in [5, 5.41) is 0. The molecule has 2 aromatic carbocycles. The van der Waals surface area contributed by atoms with E-state index in [1.807, 2.05) is 0 Å². The van der Waals surface area contributed by atoms with Gasteiger partial charge >= 0.3 is 0 Å². The monoisotopic (exact) mass is 516 g/mol. The van der Waals surface area contributed by atoms with E-state index in [1.165, 1.54) is 42.4 Å². The fourth-order valence-corrected chi connectivity index (χ4v) is 8.54. The van der Waals surface area contributed by atoms with E-state index in [0.29, 0.717) is 12.5 Å². The molecule has 2 aromatic rings. The summed E-state index contributed by atoms with van der Waals surface area (Å²) in [7, 11) is 0. The molecule has 4 heteroatoms. The molecule has 38 heavy (non-hydrogen) atoms. The smallest absolute Gasteiger partial charge is 0.202 e. The van der Waals surface area contributed by atoms with Crippen LogP contribution in [0.15, 0.2) is 42.5 Å². The standard InChI is InChI=1S/C34H44O4/c1-20-13-29-22-15-27(31(16-22)30(29)14-20)21(2)28-17-24(7-10-32(28)38-33-11-12-35-33)34(3,4)23-5-8-25(9-6-23)36-18-26-19-37-26/h5-10,17,20-22,26-27,29-31,33H,11-16,18-19H2,1-4H3/t20?,21?,22?,26?,27?,29?,30?,31?,33-/m1/s1. The summed E-state index contributed by atoms with van der Waals surface area (Å²) < 4.78 is 23.3. The Bertz CT molecular complexity index is 1150. The Kier molecular flexibility index (Phi) is 6.28. The van der Waals surface area contributed by atoms with E-state index in [0.717, 1.165) is 66.6 Å². The molecule has 3 aliphatic carbocycles. The van der Waals surface area contributed by atoms with Gasteiger partial charge in [-0.25, -0.2) is 0 Å². The third-order valence-electron chi connectivity index (χ3n) is 10.9. The highest BCUT2D eigenvalue weighted by Crippen LogP contribution is 2.64. The van der Waals surface area contributed by atoms with Crippen molar-refractivity contribution >= 4 is 0 Å². The van der Waals surface area contributed by atoms with E-state index in [4.69, 9.17) is 18.9 Å². The van der Waals surface area contributed by atoms with Crippen LogP contribution >= 0.6 is 0 Å². The second kappa shape index (κ2) is 9.55. The van der Waals surface area contributed by atoms with Crippen molar-refractivity contribution in [3.8, 4) is 11.5 Å². The van der Waals surface area contributed by atoms with Crippen molar-refractivity contribution in [2.45, 2.75) is 83.5 Å². The van der Waals surface area contributed by atoms with Crippen molar-refractivity contribution in [2.24, 2.45) is 35.5 Å². The molecule has 0 radical (unpaired) electrons. The summed E-state index contributed by atoms with van der Waals surface area (Å²) in [4.78, 5) is 0. The second-order valence-electron chi connectivity index (χ2n) is 13.6. The summed E-state index contributed by atoms with van der Waals surface area (Å²) in [5.41, 5.74) is 3.90. The Morgan fingerprint density at radius 1 is 0.921 bits per heavy atom. The molecule has 0 spiro atoms. The molecule has 2 bridgehead atoms. The lowest BCUT2D eigenvalue weighted by molar-refractivity contribution is -0.165. The molecule has 0 amide bonds. The van der Waals surface area contributed by atoms with E-state index in [9.17, 15) is 0 Å². The quantitative estimate of drug-likeness (QED) is 0.327. The number of epoxide rings is 1. The van der Waals surface area contributed by atoms with Gasteiger partial charge in [0, 0.05) is 11.8 Å². The van der Waals surface area contributed by atoms with E-state index in [1.54, 1.807) is 0 Å². The van der Waals surface area contributed by atoms with E-state index in [2.05, 4.69) is 70.2 Å². The van der Waals surface area contributed by atoms with Gasteiger partial charge < -0.3 is 18.9 Å². The zero-order valence-corrected chi connectivity index (χ0v) is 23.5. The van der Waals surface area contributed by atoms with Crippen LogP contribution in [0, 0.1) is 35.5 Å². The second-order valence-corrected chi connectivity index (χ2v) is 13.6. The minimum absolute atomic E-state index is 0.0894. The number of fused-ring (bicyclic) bond motifs is 5. The van der Waals surface area contributed by atoms with Crippen LogP contribution in [0.4, 0.5) is 0 Å². The van der Waals surface area contributed by atoms with Gasteiger partial charge in [0.1, 0.15) is 24.2 Å². The molecule has 5 fully saturated rings. The lowest BCUT2D eigenvalue weighted by Crippen LogP contribution is -2.33. The molecule has 5 aliphatic rings. The third-order valence-corrected chi connectivity index (χ3v) is 10.9. The first kappa shape index (κ1) is 25.0. The Balaban J connectivity index is 1.16. The van der Waals surface area contributed by atoms with Gasteiger partial charge in [0.05, 0.1) is 13.2 Å². The number of hydrogen-bond acceptors (Lipinski definition) is 4. The highest BCUT2D eigenvalue weighted by atomic mass is 16.7. The first-order valence-corrected chi connectivity index (χ1v) is 15.1. The van der Waals surface area contributed by atoms with Crippen LogP contribution in [-0.2, 0) is 14.9 Å². The molecule has 9 atom stereocenters. The molecule has 204 valence electrons. The van der Waals surface area contributed by atoms with E-state index >= 15 is 0 Å². The minimum atomic E-state index is -0.126. The summed E-state index contributed by atoms with van der Waals surface area (Å²) in [6.07, 6.45) is 6.96. The van der Waals surface area contributed by atoms with Gasteiger partial charge in [-0.2, -0.15) is 0 Å². The lowest BCUT2D eigenvalue weighted by Gasteiger charge is -2.37. The van der Waals surface area contributed by atoms with Gasteiger partial charge in [0.2, 0.25) is 6.29 Å². The number of hydrogen-bond donors (Lipinski definition) is 0. The van der Waals surface area contributed by atoms with Crippen LogP contribution in [0.25, 0.3) is 0 Å². The van der Waals surface area contributed by atoms with Crippen molar-refractivity contribution in [3.63, 3.8) is 0 Å². The Morgan fingerprint density at radius 3 is 2.37 bits per heavy atom. The van der Waals surface area contributed by atoms with Gasteiger partial charge in [-0.15, -0.1) is 0 Å². The Labute approximate surface area is 228 Å². The first-order valence-electron chi connectivity index (χ1n) is 15.1. The average Bonchev–Trinajstić information content (AvgIpc) is 3.35. The molecule has 3 saturated carbocycles. The molecular formula is C34H44O4. The van der Waals surface area contributed by atoms with Crippen molar-refractivity contribution in [2.75, 3.05) is 19.8 Å². The van der Waals surface area contributed by atoms with E-state index < -0.39 is 0 Å². The largest absolute Gasteiger partial charge is 0.491 e. The maximum Gasteiger partial charge on any atom is 0.202 e. The third kappa shape index (κ3) is 4.46. The molecule has 4 nitrogen and oxygen atoms in total. The number of benzene rings is 2. The highest BCUT2D eigenvalue weighted by Gasteiger charge is 2.56.